The van der Waals surface area contributed by atoms with Gasteiger partial charge in [0.25, 0.3) is 0 Å². The highest BCUT2D eigenvalue weighted by atomic mass is 16.3. The van der Waals surface area contributed by atoms with E-state index in [0.717, 1.165) is 61.0 Å². The number of nitrogens with zero attached hydrogens (tertiary/aromatic N) is 2. The smallest absolute Gasteiger partial charge is 0.160 e. The molecule has 55 heavy (non-hydrogen) atoms. The van der Waals surface area contributed by atoms with Gasteiger partial charge in [0.05, 0.1) is 0 Å². The molecule has 0 saturated carbocycles. The van der Waals surface area contributed by atoms with Crippen LogP contribution < -0.4 is 5.32 Å². The van der Waals surface area contributed by atoms with E-state index in [1.165, 1.54) is 38.1 Å². The lowest BCUT2D eigenvalue weighted by molar-refractivity contribution is 0.668. The van der Waals surface area contributed by atoms with Crippen molar-refractivity contribution in [3.05, 3.63) is 205 Å². The van der Waals surface area contributed by atoms with Gasteiger partial charge in [-0.2, -0.15) is 0 Å². The van der Waals surface area contributed by atoms with Gasteiger partial charge in [0, 0.05) is 21.9 Å². The molecule has 0 spiro atoms. The Balaban J connectivity index is 1.03. The first-order chi connectivity index (χ1) is 27.2. The Morgan fingerprint density at radius 2 is 1.02 bits per heavy atom. The average molecular weight is 704 g/mol. The number of hydrogen-bond donors (Lipinski definition) is 1. The van der Waals surface area contributed by atoms with E-state index in [1.807, 2.05) is 12.1 Å². The van der Waals surface area contributed by atoms with Crippen molar-refractivity contribution in [2.75, 3.05) is 0 Å². The second-order valence-corrected chi connectivity index (χ2v) is 14.2. The van der Waals surface area contributed by atoms with Crippen LogP contribution in [0.1, 0.15) is 22.9 Å². The summed E-state index contributed by atoms with van der Waals surface area (Å²) in [5.41, 5.74) is 9.29. The molecule has 0 bridgehead atoms. The minimum Gasteiger partial charge on any atom is -0.456 e. The predicted octanol–water partition coefficient (Wildman–Crippen LogP) is 12.9. The highest BCUT2D eigenvalue weighted by Gasteiger charge is 2.24. The lowest BCUT2D eigenvalue weighted by Gasteiger charge is -2.24. The van der Waals surface area contributed by atoms with Crippen molar-refractivity contribution in [2.24, 2.45) is 9.98 Å². The van der Waals surface area contributed by atoms with Crippen LogP contribution in [0.3, 0.4) is 0 Å². The zero-order valence-electron chi connectivity index (χ0n) is 29.8. The molecule has 1 aliphatic rings. The molecule has 258 valence electrons. The van der Waals surface area contributed by atoms with Crippen LogP contribution in [0.15, 0.2) is 202 Å². The van der Waals surface area contributed by atoms with Gasteiger partial charge in [-0.15, -0.1) is 0 Å². The summed E-state index contributed by atoms with van der Waals surface area (Å²) < 4.78 is 6.57. The van der Waals surface area contributed by atoms with Crippen molar-refractivity contribution >= 4 is 65.9 Å². The van der Waals surface area contributed by atoms with Crippen LogP contribution in [0.25, 0.3) is 76.5 Å². The average Bonchev–Trinajstić information content (AvgIpc) is 3.64. The number of hydrogen-bond acceptors (Lipinski definition) is 4. The number of fused-ring (bicyclic) bond motifs is 6. The van der Waals surface area contributed by atoms with Crippen LogP contribution in [-0.2, 0) is 0 Å². The molecular weight excluding hydrogens is 671 g/mol. The summed E-state index contributed by atoms with van der Waals surface area (Å²) in [5, 5.41) is 13.0. The van der Waals surface area contributed by atoms with E-state index in [0.29, 0.717) is 5.84 Å². The van der Waals surface area contributed by atoms with Crippen molar-refractivity contribution in [3.8, 4) is 22.3 Å². The Labute approximate surface area is 317 Å². The van der Waals surface area contributed by atoms with Gasteiger partial charge in [-0.05, 0) is 90.5 Å². The normalized spacial score (nSPS) is 14.4. The van der Waals surface area contributed by atoms with Crippen LogP contribution in [0.2, 0.25) is 0 Å². The number of aliphatic imine (C=N–C) groups is 2. The van der Waals surface area contributed by atoms with E-state index in [-0.39, 0.29) is 6.17 Å². The molecule has 1 aliphatic heterocycles. The summed E-state index contributed by atoms with van der Waals surface area (Å²) in [6.07, 6.45) is -0.358. The second kappa shape index (κ2) is 12.7. The maximum Gasteiger partial charge on any atom is 0.160 e. The summed E-state index contributed by atoms with van der Waals surface area (Å²) in [4.78, 5) is 10.6. The minimum absolute atomic E-state index is 0.358. The third-order valence-corrected chi connectivity index (χ3v) is 10.9. The van der Waals surface area contributed by atoms with Crippen LogP contribution in [0.5, 0.6) is 0 Å². The van der Waals surface area contributed by atoms with Crippen molar-refractivity contribution in [2.45, 2.75) is 6.17 Å². The zero-order chi connectivity index (χ0) is 36.3. The molecule has 0 fully saturated rings. The first-order valence-corrected chi connectivity index (χ1v) is 18.7. The summed E-state index contributed by atoms with van der Waals surface area (Å²) >= 11 is 0. The first-order valence-electron chi connectivity index (χ1n) is 18.7. The monoisotopic (exact) mass is 703 g/mol. The standard InChI is InChI=1S/C51H33N3O/c1-3-12-37-29-39(25-19-32(37)9-1)40-27-28-44-47(31-40)55-46-18-8-17-45(48(44)46)51-53-49(52-50(54-51)41-26-20-33-10-2-4-13-38(33)30-41)36-23-21-35(22-24-36)43-16-7-14-34-11-5-6-15-42(34)43/h1-31,49H,(H,52,53,54). The number of amidine groups is 2. The van der Waals surface area contributed by atoms with E-state index >= 15 is 0 Å². The largest absolute Gasteiger partial charge is 0.456 e. The van der Waals surface area contributed by atoms with E-state index in [9.17, 15) is 0 Å². The molecule has 0 amide bonds. The molecule has 1 N–H and O–H groups in total. The van der Waals surface area contributed by atoms with Crippen LogP contribution in [-0.4, -0.2) is 11.7 Å². The molecule has 1 atom stereocenters. The molecule has 4 heteroatoms. The first kappa shape index (κ1) is 31.2. The van der Waals surface area contributed by atoms with Gasteiger partial charge in [0.15, 0.2) is 5.84 Å². The Hall–Kier alpha value is -7.30. The molecule has 2 heterocycles. The molecule has 4 nitrogen and oxygen atoms in total. The Morgan fingerprint density at radius 1 is 0.418 bits per heavy atom. The predicted molar refractivity (Wildman–Crippen MR) is 229 cm³/mol. The number of furan rings is 1. The molecule has 0 aliphatic carbocycles. The second-order valence-electron chi connectivity index (χ2n) is 14.2. The third kappa shape index (κ3) is 5.46. The lowest BCUT2D eigenvalue weighted by atomic mass is 9.97. The molecule has 0 radical (unpaired) electrons. The van der Waals surface area contributed by atoms with Gasteiger partial charge in [-0.25, -0.2) is 9.98 Å². The molecular formula is C51H33N3O. The van der Waals surface area contributed by atoms with Gasteiger partial charge in [-0.1, -0.05) is 158 Å². The summed E-state index contributed by atoms with van der Waals surface area (Å²) in [7, 11) is 0. The lowest BCUT2D eigenvalue weighted by Crippen LogP contribution is -2.33. The Bertz CT molecular complexity index is 3180. The SMILES string of the molecule is c1ccc2cc(C3=NC(c4cccc5oc6cc(-c7ccc8ccccc8c7)ccc6c45)=NC(c4ccc(-c5cccc6ccccc56)cc4)N3)ccc2c1. The van der Waals surface area contributed by atoms with E-state index < -0.39 is 0 Å². The third-order valence-electron chi connectivity index (χ3n) is 10.9. The van der Waals surface area contributed by atoms with Crippen molar-refractivity contribution in [3.63, 3.8) is 0 Å². The topological polar surface area (TPSA) is 49.9 Å². The highest BCUT2D eigenvalue weighted by Crippen LogP contribution is 2.37. The van der Waals surface area contributed by atoms with E-state index in [2.05, 4.69) is 181 Å². The molecule has 1 aromatic heterocycles. The summed E-state index contributed by atoms with van der Waals surface area (Å²) in [6.45, 7) is 0. The Morgan fingerprint density at radius 3 is 1.82 bits per heavy atom. The molecule has 0 saturated heterocycles. The summed E-state index contributed by atoms with van der Waals surface area (Å²) in [5.74, 6) is 1.44. The van der Waals surface area contributed by atoms with Crippen molar-refractivity contribution in [1.82, 2.24) is 5.32 Å². The highest BCUT2D eigenvalue weighted by molar-refractivity contribution is 6.22. The van der Waals surface area contributed by atoms with Crippen molar-refractivity contribution < 1.29 is 4.42 Å². The van der Waals surface area contributed by atoms with Gasteiger partial charge in [-0.3, -0.25) is 0 Å². The van der Waals surface area contributed by atoms with E-state index in [1.54, 1.807) is 0 Å². The maximum absolute atomic E-state index is 6.57. The number of rotatable bonds is 5. The maximum atomic E-state index is 6.57. The Kier molecular flexibility index (Phi) is 7.20. The molecule has 10 aromatic rings. The zero-order valence-corrected chi connectivity index (χ0v) is 29.8. The number of nitrogens with one attached hydrogen (secondary N) is 1. The fourth-order valence-electron chi connectivity index (χ4n) is 8.11. The molecule has 11 rings (SSSR count). The molecule has 9 aromatic carbocycles. The van der Waals surface area contributed by atoms with Crippen LogP contribution in [0.4, 0.5) is 0 Å². The van der Waals surface area contributed by atoms with Gasteiger partial charge in [0.1, 0.15) is 23.2 Å². The van der Waals surface area contributed by atoms with E-state index in [4.69, 9.17) is 14.4 Å². The fourth-order valence-corrected chi connectivity index (χ4v) is 8.11. The molecule has 1 unspecified atom stereocenters. The fraction of sp³-hybridized carbons (Fsp3) is 0.0196. The quantitative estimate of drug-likeness (QED) is 0.194. The van der Waals surface area contributed by atoms with Gasteiger partial charge in [0.2, 0.25) is 0 Å². The minimum atomic E-state index is -0.358. The summed E-state index contributed by atoms with van der Waals surface area (Å²) in [6, 6.07) is 66.5. The number of benzene rings is 9. The van der Waals surface area contributed by atoms with Crippen LogP contribution in [0, 0.1) is 0 Å². The van der Waals surface area contributed by atoms with Crippen molar-refractivity contribution in [1.29, 1.82) is 0 Å². The van der Waals surface area contributed by atoms with Crippen LogP contribution >= 0.6 is 0 Å². The van der Waals surface area contributed by atoms with Gasteiger partial charge < -0.3 is 9.73 Å². The van der Waals surface area contributed by atoms with Gasteiger partial charge >= 0.3 is 0 Å².